The molecule has 0 saturated heterocycles. The maximum absolute atomic E-state index is 3.96. The SMILES string of the molecule is [c]1ccc(C=Cc2ccncc2)cc1. The van der Waals surface area contributed by atoms with E-state index >= 15 is 0 Å². The van der Waals surface area contributed by atoms with Crippen molar-refractivity contribution in [2.75, 3.05) is 0 Å². The Hall–Kier alpha value is -1.89. The molecule has 0 amide bonds. The lowest BCUT2D eigenvalue weighted by Gasteiger charge is -1.92. The zero-order chi connectivity index (χ0) is 9.64. The van der Waals surface area contributed by atoms with Crippen LogP contribution in [0.15, 0.2) is 48.8 Å². The quantitative estimate of drug-likeness (QED) is 0.692. The molecule has 0 aliphatic heterocycles. The molecule has 2 aromatic rings. The minimum absolute atomic E-state index is 1.16. The fourth-order valence-corrected chi connectivity index (χ4v) is 1.18. The third kappa shape index (κ3) is 2.30. The van der Waals surface area contributed by atoms with Gasteiger partial charge in [0.25, 0.3) is 0 Å². The molecule has 1 aromatic carbocycles. The third-order valence-electron chi connectivity index (χ3n) is 1.92. The van der Waals surface area contributed by atoms with Crippen molar-refractivity contribution in [3.63, 3.8) is 0 Å². The molecule has 0 spiro atoms. The Kier molecular flexibility index (Phi) is 2.72. The summed E-state index contributed by atoms with van der Waals surface area (Å²) in [5.74, 6) is 0. The van der Waals surface area contributed by atoms with E-state index in [0.717, 1.165) is 5.56 Å². The van der Waals surface area contributed by atoms with Crippen LogP contribution in [0.25, 0.3) is 12.2 Å². The molecule has 1 aromatic heterocycles. The molecule has 2 rings (SSSR count). The number of nitrogens with zero attached hydrogens (tertiary/aromatic N) is 1. The summed E-state index contributed by atoms with van der Waals surface area (Å²) in [5, 5.41) is 0. The van der Waals surface area contributed by atoms with Gasteiger partial charge in [-0.05, 0) is 29.3 Å². The largest absolute Gasteiger partial charge is 0.265 e. The molecule has 0 fully saturated rings. The van der Waals surface area contributed by atoms with E-state index in [2.05, 4.69) is 23.2 Å². The Morgan fingerprint density at radius 1 is 0.857 bits per heavy atom. The minimum atomic E-state index is 1.16. The van der Waals surface area contributed by atoms with Gasteiger partial charge in [-0.25, -0.2) is 0 Å². The van der Waals surface area contributed by atoms with Gasteiger partial charge in [0.1, 0.15) is 0 Å². The van der Waals surface area contributed by atoms with Crippen molar-refractivity contribution in [3.05, 3.63) is 66.0 Å². The monoisotopic (exact) mass is 180 g/mol. The molecule has 1 heteroatoms. The molecule has 1 nitrogen and oxygen atoms in total. The van der Waals surface area contributed by atoms with Crippen molar-refractivity contribution in [1.29, 1.82) is 0 Å². The number of benzene rings is 1. The van der Waals surface area contributed by atoms with Crippen LogP contribution >= 0.6 is 0 Å². The van der Waals surface area contributed by atoms with Gasteiger partial charge in [0, 0.05) is 12.4 Å². The molecule has 67 valence electrons. The molecule has 0 aliphatic rings. The average Bonchev–Trinajstić information content (AvgIpc) is 2.29. The molecular weight excluding hydrogens is 170 g/mol. The summed E-state index contributed by atoms with van der Waals surface area (Å²) in [7, 11) is 0. The van der Waals surface area contributed by atoms with Gasteiger partial charge < -0.3 is 0 Å². The summed E-state index contributed by atoms with van der Waals surface area (Å²) in [6.07, 6.45) is 7.72. The number of rotatable bonds is 2. The highest BCUT2D eigenvalue weighted by molar-refractivity contribution is 5.69. The summed E-state index contributed by atoms with van der Waals surface area (Å²) < 4.78 is 0. The second-order valence-corrected chi connectivity index (χ2v) is 2.95. The summed E-state index contributed by atoms with van der Waals surface area (Å²) in [6, 6.07) is 14.8. The van der Waals surface area contributed by atoms with Crippen molar-refractivity contribution >= 4 is 12.2 Å². The molecule has 0 atom stereocenters. The van der Waals surface area contributed by atoms with E-state index in [4.69, 9.17) is 0 Å². The Morgan fingerprint density at radius 2 is 1.43 bits per heavy atom. The van der Waals surface area contributed by atoms with Crippen LogP contribution < -0.4 is 0 Å². The third-order valence-corrected chi connectivity index (χ3v) is 1.92. The van der Waals surface area contributed by atoms with Crippen molar-refractivity contribution in [1.82, 2.24) is 4.98 Å². The van der Waals surface area contributed by atoms with E-state index in [1.807, 2.05) is 36.4 Å². The van der Waals surface area contributed by atoms with E-state index in [0.29, 0.717) is 0 Å². The summed E-state index contributed by atoms with van der Waals surface area (Å²) in [5.41, 5.74) is 2.34. The van der Waals surface area contributed by atoms with Crippen LogP contribution in [-0.4, -0.2) is 4.98 Å². The lowest BCUT2D eigenvalue weighted by Crippen LogP contribution is -1.73. The summed E-state index contributed by atoms with van der Waals surface area (Å²) >= 11 is 0. The highest BCUT2D eigenvalue weighted by Gasteiger charge is 1.85. The van der Waals surface area contributed by atoms with E-state index in [-0.39, 0.29) is 0 Å². The van der Waals surface area contributed by atoms with Crippen molar-refractivity contribution in [3.8, 4) is 0 Å². The zero-order valence-corrected chi connectivity index (χ0v) is 7.72. The first-order valence-corrected chi connectivity index (χ1v) is 4.49. The lowest BCUT2D eigenvalue weighted by atomic mass is 10.2. The molecular formula is C13H10N. The number of hydrogen-bond donors (Lipinski definition) is 0. The fraction of sp³-hybridized carbons (Fsp3) is 0. The standard InChI is InChI=1S/C13H10N/c1-2-4-12(5-3-1)6-7-13-8-10-14-11-9-13/h2-11H. The van der Waals surface area contributed by atoms with Gasteiger partial charge in [-0.2, -0.15) is 0 Å². The number of hydrogen-bond acceptors (Lipinski definition) is 1. The molecule has 0 saturated carbocycles. The van der Waals surface area contributed by atoms with Crippen molar-refractivity contribution in [2.24, 2.45) is 0 Å². The van der Waals surface area contributed by atoms with Gasteiger partial charge in [0.15, 0.2) is 0 Å². The van der Waals surface area contributed by atoms with E-state index < -0.39 is 0 Å². The molecule has 1 radical (unpaired) electrons. The fourth-order valence-electron chi connectivity index (χ4n) is 1.18. The molecule has 0 aliphatic carbocycles. The molecule has 14 heavy (non-hydrogen) atoms. The van der Waals surface area contributed by atoms with Crippen LogP contribution in [0.3, 0.4) is 0 Å². The number of aromatic nitrogens is 1. The van der Waals surface area contributed by atoms with Crippen LogP contribution in [-0.2, 0) is 0 Å². The van der Waals surface area contributed by atoms with E-state index in [9.17, 15) is 0 Å². The first-order valence-electron chi connectivity index (χ1n) is 4.49. The Bertz CT molecular complexity index is 362. The highest BCUT2D eigenvalue weighted by Crippen LogP contribution is 2.06. The van der Waals surface area contributed by atoms with Gasteiger partial charge >= 0.3 is 0 Å². The first kappa shape index (κ1) is 8.70. The van der Waals surface area contributed by atoms with Crippen molar-refractivity contribution < 1.29 is 0 Å². The highest BCUT2D eigenvalue weighted by atomic mass is 14.6. The van der Waals surface area contributed by atoms with Gasteiger partial charge in [-0.1, -0.05) is 36.4 Å². The maximum Gasteiger partial charge on any atom is 0.0273 e. The van der Waals surface area contributed by atoms with Crippen LogP contribution in [0.1, 0.15) is 11.1 Å². The first-order chi connectivity index (χ1) is 6.95. The smallest absolute Gasteiger partial charge is 0.0273 e. The second kappa shape index (κ2) is 4.38. The maximum atomic E-state index is 3.96. The minimum Gasteiger partial charge on any atom is -0.265 e. The molecule has 0 bridgehead atoms. The van der Waals surface area contributed by atoms with Crippen molar-refractivity contribution in [2.45, 2.75) is 0 Å². The number of pyridine rings is 1. The van der Waals surface area contributed by atoms with E-state index in [1.165, 1.54) is 5.56 Å². The molecule has 0 unspecified atom stereocenters. The summed E-state index contributed by atoms with van der Waals surface area (Å²) in [4.78, 5) is 3.96. The zero-order valence-electron chi connectivity index (χ0n) is 7.72. The second-order valence-electron chi connectivity index (χ2n) is 2.95. The van der Waals surface area contributed by atoms with E-state index in [1.54, 1.807) is 12.4 Å². The average molecular weight is 180 g/mol. The Balaban J connectivity index is 2.16. The van der Waals surface area contributed by atoms with Crippen LogP contribution in [0.5, 0.6) is 0 Å². The van der Waals surface area contributed by atoms with Gasteiger partial charge in [-0.3, -0.25) is 4.98 Å². The van der Waals surface area contributed by atoms with Crippen LogP contribution in [0, 0.1) is 6.07 Å². The Labute approximate surface area is 83.7 Å². The molecule has 0 N–H and O–H groups in total. The Morgan fingerprint density at radius 3 is 2.07 bits per heavy atom. The topological polar surface area (TPSA) is 12.9 Å². The van der Waals surface area contributed by atoms with Gasteiger partial charge in [0.05, 0.1) is 0 Å². The predicted octanol–water partition coefficient (Wildman–Crippen LogP) is 3.05. The van der Waals surface area contributed by atoms with Gasteiger partial charge in [0.2, 0.25) is 0 Å². The lowest BCUT2D eigenvalue weighted by molar-refractivity contribution is 1.32. The van der Waals surface area contributed by atoms with Gasteiger partial charge in [-0.15, -0.1) is 0 Å². The van der Waals surface area contributed by atoms with Crippen LogP contribution in [0.4, 0.5) is 0 Å². The molecule has 1 heterocycles. The predicted molar refractivity (Wildman–Crippen MR) is 58.4 cm³/mol. The van der Waals surface area contributed by atoms with Crippen LogP contribution in [0.2, 0.25) is 0 Å². The summed E-state index contributed by atoms with van der Waals surface area (Å²) in [6.45, 7) is 0. The normalized spacial score (nSPS) is 10.6.